The van der Waals surface area contributed by atoms with Crippen LogP contribution in [0.1, 0.15) is 156 Å². The molecule has 2 fully saturated rings. The van der Waals surface area contributed by atoms with Gasteiger partial charge in [0.05, 0.1) is 32.2 Å². The van der Waals surface area contributed by atoms with Crippen LogP contribution in [0.15, 0.2) is 54.6 Å². The van der Waals surface area contributed by atoms with Gasteiger partial charge in [0, 0.05) is 19.6 Å². The Hall–Kier alpha value is -5.11. The molecule has 358 valence electrons. The van der Waals surface area contributed by atoms with E-state index in [1.54, 1.807) is 61.5 Å². The molecule has 3 unspecified atom stereocenters. The molecule has 2 aromatic carbocycles. The molecule has 4 rings (SSSR count). The third-order valence-electron chi connectivity index (χ3n) is 10.7. The summed E-state index contributed by atoms with van der Waals surface area (Å²) in [4.78, 5) is 92.1. The molecule has 14 nitrogen and oxygen atoms in total. The summed E-state index contributed by atoms with van der Waals surface area (Å²) in [6.45, 7) is 14.0. The summed E-state index contributed by atoms with van der Waals surface area (Å²) >= 11 is 0. The maximum absolute atomic E-state index is 13.4. The molecule has 1 aliphatic heterocycles. The molecule has 64 heavy (non-hydrogen) atoms. The Morgan fingerprint density at radius 1 is 0.766 bits per heavy atom. The number of hydrogen-bond donors (Lipinski definition) is 5. The van der Waals surface area contributed by atoms with E-state index in [2.05, 4.69) is 28.2 Å². The molecule has 0 aromatic heterocycles. The smallest absolute Gasteiger partial charge is 0.290 e. The molecule has 2 aromatic rings. The van der Waals surface area contributed by atoms with Gasteiger partial charge in [-0.25, -0.2) is 0 Å². The number of Topliss-reactive ketones (excluding diaryl/α,β-unsaturated/α-hetero) is 2. The number of unbranched alkanes of at least 4 members (excludes halogenated alkanes) is 2. The fourth-order valence-electron chi connectivity index (χ4n) is 7.25. The summed E-state index contributed by atoms with van der Waals surface area (Å²) in [5.74, 6) is -2.62. The minimum atomic E-state index is -1.19. The summed E-state index contributed by atoms with van der Waals surface area (Å²) in [7, 11) is 0. The number of ether oxygens (including phenoxy) is 1. The van der Waals surface area contributed by atoms with Gasteiger partial charge >= 0.3 is 0 Å². The second-order valence-corrected chi connectivity index (χ2v) is 15.7. The lowest BCUT2D eigenvalue weighted by Gasteiger charge is -2.26. The molecule has 2 aliphatic rings. The topological polar surface area (TPSA) is 200 Å². The Morgan fingerprint density at radius 3 is 2.09 bits per heavy atom. The van der Waals surface area contributed by atoms with Crippen molar-refractivity contribution in [3.05, 3.63) is 65.7 Å². The van der Waals surface area contributed by atoms with Crippen LogP contribution in [0.5, 0.6) is 5.75 Å². The maximum Gasteiger partial charge on any atom is 0.290 e. The Labute approximate surface area is 382 Å². The number of ketones is 2. The Balaban J connectivity index is 0.00000165. The summed E-state index contributed by atoms with van der Waals surface area (Å²) in [5, 5.41) is 19.1. The zero-order valence-electron chi connectivity index (χ0n) is 39.8. The van der Waals surface area contributed by atoms with Gasteiger partial charge in [-0.3, -0.25) is 33.6 Å². The number of aliphatic hydroxyl groups is 1. The van der Waals surface area contributed by atoms with Gasteiger partial charge in [0.1, 0.15) is 17.8 Å². The molecule has 14 heteroatoms. The highest BCUT2D eigenvalue weighted by Gasteiger charge is 2.36. The molecular formula is C50H79N5O9. The number of carbonyl (C=O) groups is 7. The Kier molecular flexibility index (Phi) is 30.5. The second-order valence-electron chi connectivity index (χ2n) is 15.7. The third-order valence-corrected chi connectivity index (χ3v) is 10.7. The van der Waals surface area contributed by atoms with E-state index in [0.717, 1.165) is 12.3 Å². The molecule has 3 atom stereocenters. The number of hydrogen-bond acceptors (Lipinski definition) is 9. The van der Waals surface area contributed by atoms with Crippen LogP contribution in [-0.2, 0) is 40.0 Å². The summed E-state index contributed by atoms with van der Waals surface area (Å²) in [6.07, 6.45) is 12.0. The van der Waals surface area contributed by atoms with Crippen LogP contribution in [0.2, 0.25) is 0 Å². The first-order valence-corrected chi connectivity index (χ1v) is 23.8. The average molecular weight is 894 g/mol. The summed E-state index contributed by atoms with van der Waals surface area (Å²) in [6, 6.07) is 12.8. The highest BCUT2D eigenvalue weighted by molar-refractivity contribution is 6.38. The van der Waals surface area contributed by atoms with Crippen molar-refractivity contribution < 1.29 is 43.4 Å². The van der Waals surface area contributed by atoms with Crippen LogP contribution >= 0.6 is 0 Å². The van der Waals surface area contributed by atoms with Crippen molar-refractivity contribution in [2.75, 3.05) is 32.8 Å². The molecule has 1 heterocycles. The highest BCUT2D eigenvalue weighted by atomic mass is 16.5. The van der Waals surface area contributed by atoms with E-state index < -0.39 is 54.1 Å². The van der Waals surface area contributed by atoms with Crippen LogP contribution in [0, 0.1) is 5.92 Å². The van der Waals surface area contributed by atoms with Gasteiger partial charge in [0.25, 0.3) is 5.91 Å². The predicted octanol–water partition coefficient (Wildman–Crippen LogP) is 6.71. The van der Waals surface area contributed by atoms with Gasteiger partial charge in [-0.15, -0.1) is 0 Å². The van der Waals surface area contributed by atoms with Crippen molar-refractivity contribution in [3.63, 3.8) is 0 Å². The van der Waals surface area contributed by atoms with E-state index in [9.17, 15) is 33.6 Å². The summed E-state index contributed by atoms with van der Waals surface area (Å²) < 4.78 is 5.65. The van der Waals surface area contributed by atoms with Crippen LogP contribution in [0.3, 0.4) is 0 Å². The second kappa shape index (κ2) is 34.3. The van der Waals surface area contributed by atoms with Crippen LogP contribution in [0.25, 0.3) is 0 Å². The van der Waals surface area contributed by atoms with Gasteiger partial charge in [0.15, 0.2) is 5.78 Å². The molecule has 1 saturated carbocycles. The number of rotatable bonds is 23. The lowest BCUT2D eigenvalue weighted by atomic mass is 9.91. The van der Waals surface area contributed by atoms with Crippen molar-refractivity contribution in [2.24, 2.45) is 5.92 Å². The molecule has 0 bridgehead atoms. The van der Waals surface area contributed by atoms with E-state index in [4.69, 9.17) is 9.84 Å². The molecule has 1 aliphatic carbocycles. The zero-order valence-corrected chi connectivity index (χ0v) is 39.8. The van der Waals surface area contributed by atoms with Crippen LogP contribution in [0.4, 0.5) is 0 Å². The summed E-state index contributed by atoms with van der Waals surface area (Å²) in [5.41, 5.74) is 1.30. The SMILES string of the molecule is CC.CC.CC1CCCCC1.CCCCC(=O)C(NC(=O)CNC(=O)C(=O)C(CCC)NC(=O)C1CCCN1C(=O)CNC(=O)Cc1cccc(OCCCCO)c1)c1ccccc1. The van der Waals surface area contributed by atoms with Crippen molar-refractivity contribution >= 4 is 41.1 Å². The van der Waals surface area contributed by atoms with E-state index in [0.29, 0.717) is 62.0 Å². The molecular weight excluding hydrogens is 815 g/mol. The van der Waals surface area contributed by atoms with E-state index in [1.807, 2.05) is 34.6 Å². The van der Waals surface area contributed by atoms with Gasteiger partial charge in [-0.1, -0.05) is 136 Å². The quantitative estimate of drug-likeness (QED) is 0.0594. The number of amides is 5. The molecule has 5 N–H and O–H groups in total. The van der Waals surface area contributed by atoms with Gasteiger partial charge in [-0.2, -0.15) is 0 Å². The standard InChI is InChI=1S/C39H53N5O9.C7H14.2C2H6/c1-3-5-19-32(46)36(28-15-7-6-8-16-28)43-34(48)25-41-39(52)37(50)30(13-4-2)42-38(51)31-18-12-20-44(31)35(49)26-40-33(47)24-27-14-11-17-29(23-27)53-22-10-9-21-45;1-7-5-3-2-4-6-7;2*1-2/h6-8,11,14-17,23,30-31,36,45H,3-5,9-10,12-13,18-22,24-26H2,1-2H3,(H,40,47)(H,41,52)(H,42,51)(H,43,48);7H,2-6H2,1H3;2*1-2H3. The number of benzene rings is 2. The first-order chi connectivity index (χ1) is 31.0. The predicted molar refractivity (Wildman–Crippen MR) is 251 cm³/mol. The lowest BCUT2D eigenvalue weighted by Crippen LogP contribution is -2.54. The number of nitrogens with one attached hydrogen (secondary N) is 4. The number of likely N-dealkylation sites (tertiary alicyclic amines) is 1. The normalized spacial score (nSPS) is 15.2. The van der Waals surface area contributed by atoms with Crippen LogP contribution in [-0.4, -0.2) is 96.0 Å². The van der Waals surface area contributed by atoms with Crippen molar-refractivity contribution in [3.8, 4) is 5.75 Å². The fourth-order valence-corrected chi connectivity index (χ4v) is 7.25. The minimum absolute atomic E-state index is 0.0141. The van der Waals surface area contributed by atoms with Crippen LogP contribution < -0.4 is 26.0 Å². The van der Waals surface area contributed by atoms with Crippen molar-refractivity contribution in [1.29, 1.82) is 0 Å². The first-order valence-electron chi connectivity index (χ1n) is 23.8. The number of nitrogens with zero attached hydrogens (tertiary/aromatic N) is 1. The molecule has 1 saturated heterocycles. The largest absolute Gasteiger partial charge is 0.494 e. The van der Waals surface area contributed by atoms with E-state index in [1.165, 1.54) is 37.0 Å². The Morgan fingerprint density at radius 2 is 1.47 bits per heavy atom. The third kappa shape index (κ3) is 22.0. The monoisotopic (exact) mass is 894 g/mol. The molecule has 0 radical (unpaired) electrons. The average Bonchev–Trinajstić information content (AvgIpc) is 3.82. The van der Waals surface area contributed by atoms with Gasteiger partial charge in [-0.05, 0) is 67.7 Å². The lowest BCUT2D eigenvalue weighted by molar-refractivity contribution is -0.142. The van der Waals surface area contributed by atoms with Gasteiger partial charge in [0.2, 0.25) is 29.4 Å². The van der Waals surface area contributed by atoms with Gasteiger partial charge < -0.3 is 36.0 Å². The minimum Gasteiger partial charge on any atom is -0.494 e. The number of aliphatic hydroxyl groups excluding tert-OH is 1. The van der Waals surface area contributed by atoms with E-state index in [-0.39, 0.29) is 50.6 Å². The first kappa shape index (κ1) is 56.9. The van der Waals surface area contributed by atoms with E-state index >= 15 is 0 Å². The fraction of sp³-hybridized carbons (Fsp3) is 0.620. The maximum atomic E-state index is 13.4. The Bertz CT molecular complexity index is 1680. The number of carbonyl (C=O) groups excluding carboxylic acids is 7. The highest BCUT2D eigenvalue weighted by Crippen LogP contribution is 2.22. The molecule has 0 spiro atoms. The van der Waals surface area contributed by atoms with Crippen molar-refractivity contribution in [1.82, 2.24) is 26.2 Å². The molecule has 5 amide bonds. The van der Waals surface area contributed by atoms with Crippen molar-refractivity contribution in [2.45, 2.75) is 163 Å². The zero-order chi connectivity index (χ0) is 47.7.